The van der Waals surface area contributed by atoms with Crippen LogP contribution in [0.1, 0.15) is 24.2 Å². The number of hydrogen-bond acceptors (Lipinski definition) is 4. The highest BCUT2D eigenvalue weighted by Crippen LogP contribution is 2.27. The van der Waals surface area contributed by atoms with Gasteiger partial charge in [-0.3, -0.25) is 9.59 Å². The highest BCUT2D eigenvalue weighted by atomic mass is 16.5. The monoisotopic (exact) mass is 306 g/mol. The van der Waals surface area contributed by atoms with E-state index >= 15 is 0 Å². The number of allylic oxidation sites excluding steroid dienone is 1. The number of nitrogens with one attached hydrogen (secondary N) is 2. The number of methoxy groups -OCH3 is 2. The Morgan fingerprint density at radius 1 is 1.05 bits per heavy atom. The second-order valence-corrected chi connectivity index (χ2v) is 4.84. The van der Waals surface area contributed by atoms with Crippen molar-refractivity contribution in [2.45, 2.75) is 13.8 Å². The van der Waals surface area contributed by atoms with Crippen molar-refractivity contribution in [1.82, 2.24) is 10.6 Å². The quantitative estimate of drug-likeness (QED) is 0.591. The Hall–Kier alpha value is -2.50. The maximum absolute atomic E-state index is 12.0. The van der Waals surface area contributed by atoms with Crippen LogP contribution < -0.4 is 20.1 Å². The van der Waals surface area contributed by atoms with Gasteiger partial charge >= 0.3 is 0 Å². The third-order valence-electron chi connectivity index (χ3n) is 2.78. The standard InChI is InChI=1S/C16H22N2O4/c1-11(2)9-15(19)17-7-8-18-16(20)12-5-6-13(21-3)14(10-12)22-4/h5-6,9-10H,7-8H2,1-4H3,(H,17,19)(H,18,20). The van der Waals surface area contributed by atoms with E-state index < -0.39 is 0 Å². The van der Waals surface area contributed by atoms with E-state index in [4.69, 9.17) is 9.47 Å². The Kier molecular flexibility index (Phi) is 6.95. The Labute approximate surface area is 130 Å². The lowest BCUT2D eigenvalue weighted by molar-refractivity contribution is -0.116. The molecule has 2 amide bonds. The summed E-state index contributed by atoms with van der Waals surface area (Å²) in [7, 11) is 3.05. The summed E-state index contributed by atoms with van der Waals surface area (Å²) in [6, 6.07) is 4.93. The summed E-state index contributed by atoms with van der Waals surface area (Å²) < 4.78 is 10.3. The lowest BCUT2D eigenvalue weighted by Crippen LogP contribution is -2.34. The molecule has 1 aromatic rings. The Morgan fingerprint density at radius 2 is 1.68 bits per heavy atom. The van der Waals surface area contributed by atoms with Gasteiger partial charge in [0.15, 0.2) is 11.5 Å². The molecule has 1 rings (SSSR count). The molecule has 6 heteroatoms. The van der Waals surface area contributed by atoms with Crippen LogP contribution in [0.25, 0.3) is 0 Å². The van der Waals surface area contributed by atoms with Gasteiger partial charge < -0.3 is 20.1 Å². The fraction of sp³-hybridized carbons (Fsp3) is 0.375. The van der Waals surface area contributed by atoms with Crippen molar-refractivity contribution in [3.8, 4) is 11.5 Å². The lowest BCUT2D eigenvalue weighted by atomic mass is 10.2. The molecule has 0 aliphatic heterocycles. The number of carbonyl (C=O) groups is 2. The van der Waals surface area contributed by atoms with Crippen molar-refractivity contribution in [2.24, 2.45) is 0 Å². The van der Waals surface area contributed by atoms with Crippen LogP contribution in [0.2, 0.25) is 0 Å². The first-order chi connectivity index (χ1) is 10.5. The van der Waals surface area contributed by atoms with E-state index in [0.29, 0.717) is 30.2 Å². The fourth-order valence-electron chi connectivity index (χ4n) is 1.75. The molecule has 120 valence electrons. The fourth-order valence-corrected chi connectivity index (χ4v) is 1.75. The number of benzene rings is 1. The number of ether oxygens (including phenoxy) is 2. The minimum atomic E-state index is -0.239. The number of hydrogen-bond donors (Lipinski definition) is 2. The molecule has 0 unspecified atom stereocenters. The highest BCUT2D eigenvalue weighted by Gasteiger charge is 2.10. The average Bonchev–Trinajstić information content (AvgIpc) is 2.49. The molecule has 0 radical (unpaired) electrons. The molecule has 22 heavy (non-hydrogen) atoms. The van der Waals surface area contributed by atoms with Gasteiger partial charge in [0.2, 0.25) is 5.91 Å². The van der Waals surface area contributed by atoms with E-state index in [1.165, 1.54) is 20.3 Å². The van der Waals surface area contributed by atoms with Crippen LogP contribution in [-0.4, -0.2) is 39.1 Å². The summed E-state index contributed by atoms with van der Waals surface area (Å²) in [5.74, 6) is 0.651. The zero-order chi connectivity index (χ0) is 16.5. The van der Waals surface area contributed by atoms with E-state index in [1.54, 1.807) is 18.2 Å². The molecule has 0 heterocycles. The zero-order valence-electron chi connectivity index (χ0n) is 13.4. The first kappa shape index (κ1) is 17.6. The van der Waals surface area contributed by atoms with Gasteiger partial charge in [0.05, 0.1) is 14.2 Å². The van der Waals surface area contributed by atoms with Gasteiger partial charge in [-0.05, 0) is 32.0 Å². The minimum absolute atomic E-state index is 0.166. The second kappa shape index (κ2) is 8.71. The molecule has 0 spiro atoms. The predicted molar refractivity (Wildman–Crippen MR) is 84.3 cm³/mol. The number of carbonyl (C=O) groups excluding carboxylic acids is 2. The summed E-state index contributed by atoms with van der Waals surface area (Å²) in [5, 5.41) is 5.41. The van der Waals surface area contributed by atoms with E-state index in [9.17, 15) is 9.59 Å². The molecule has 0 aliphatic carbocycles. The molecule has 1 aromatic carbocycles. The molecular formula is C16H22N2O4. The molecule has 0 bridgehead atoms. The number of amides is 2. The Morgan fingerprint density at radius 3 is 2.27 bits per heavy atom. The lowest BCUT2D eigenvalue weighted by Gasteiger charge is -2.10. The molecule has 0 aromatic heterocycles. The van der Waals surface area contributed by atoms with Gasteiger partial charge in [0.1, 0.15) is 0 Å². The summed E-state index contributed by atoms with van der Waals surface area (Å²) in [6.45, 7) is 4.40. The van der Waals surface area contributed by atoms with Gasteiger partial charge in [0.25, 0.3) is 5.91 Å². The first-order valence-electron chi connectivity index (χ1n) is 6.91. The first-order valence-corrected chi connectivity index (χ1v) is 6.91. The summed E-state index contributed by atoms with van der Waals surface area (Å²) in [6.07, 6.45) is 1.51. The zero-order valence-corrected chi connectivity index (χ0v) is 13.4. The smallest absolute Gasteiger partial charge is 0.251 e. The van der Waals surface area contributed by atoms with Crippen LogP contribution in [0.15, 0.2) is 29.8 Å². The van der Waals surface area contributed by atoms with Crippen molar-refractivity contribution in [3.05, 3.63) is 35.4 Å². The highest BCUT2D eigenvalue weighted by molar-refractivity contribution is 5.95. The Bertz CT molecular complexity index is 563. The SMILES string of the molecule is COc1ccc(C(=O)NCCNC(=O)C=C(C)C)cc1OC. The largest absolute Gasteiger partial charge is 0.493 e. The van der Waals surface area contributed by atoms with Crippen molar-refractivity contribution >= 4 is 11.8 Å². The molecule has 6 nitrogen and oxygen atoms in total. The van der Waals surface area contributed by atoms with Crippen molar-refractivity contribution in [2.75, 3.05) is 27.3 Å². The predicted octanol–water partition coefficient (Wildman–Crippen LogP) is 1.52. The third kappa shape index (κ3) is 5.47. The van der Waals surface area contributed by atoms with E-state index in [2.05, 4.69) is 10.6 Å². The third-order valence-corrected chi connectivity index (χ3v) is 2.78. The van der Waals surface area contributed by atoms with Crippen LogP contribution in [0.5, 0.6) is 11.5 Å². The molecule has 0 fully saturated rings. The topological polar surface area (TPSA) is 76.7 Å². The van der Waals surface area contributed by atoms with Gasteiger partial charge in [-0.2, -0.15) is 0 Å². The molecular weight excluding hydrogens is 284 g/mol. The second-order valence-electron chi connectivity index (χ2n) is 4.84. The van der Waals surface area contributed by atoms with Crippen molar-refractivity contribution < 1.29 is 19.1 Å². The number of rotatable bonds is 7. The summed E-state index contributed by atoms with van der Waals surface area (Å²) in [5.41, 5.74) is 1.39. The summed E-state index contributed by atoms with van der Waals surface area (Å²) in [4.78, 5) is 23.4. The average molecular weight is 306 g/mol. The van der Waals surface area contributed by atoms with Gasteiger partial charge in [-0.1, -0.05) is 5.57 Å². The molecule has 2 N–H and O–H groups in total. The van der Waals surface area contributed by atoms with Crippen LogP contribution in [0, 0.1) is 0 Å². The molecule has 0 atom stereocenters. The Balaban J connectivity index is 2.49. The van der Waals surface area contributed by atoms with Gasteiger partial charge in [-0.25, -0.2) is 0 Å². The molecule has 0 aliphatic rings. The van der Waals surface area contributed by atoms with Crippen LogP contribution in [-0.2, 0) is 4.79 Å². The van der Waals surface area contributed by atoms with Gasteiger partial charge in [-0.15, -0.1) is 0 Å². The van der Waals surface area contributed by atoms with Crippen LogP contribution in [0.4, 0.5) is 0 Å². The van der Waals surface area contributed by atoms with E-state index in [-0.39, 0.29) is 11.8 Å². The minimum Gasteiger partial charge on any atom is -0.493 e. The van der Waals surface area contributed by atoms with Crippen molar-refractivity contribution in [3.63, 3.8) is 0 Å². The van der Waals surface area contributed by atoms with E-state index in [1.807, 2.05) is 13.8 Å². The molecule has 0 saturated heterocycles. The molecule has 0 saturated carbocycles. The van der Waals surface area contributed by atoms with Gasteiger partial charge in [0, 0.05) is 24.7 Å². The van der Waals surface area contributed by atoms with Crippen LogP contribution >= 0.6 is 0 Å². The normalized spacial score (nSPS) is 9.64. The summed E-state index contributed by atoms with van der Waals surface area (Å²) >= 11 is 0. The van der Waals surface area contributed by atoms with E-state index in [0.717, 1.165) is 5.57 Å². The maximum Gasteiger partial charge on any atom is 0.251 e. The van der Waals surface area contributed by atoms with Crippen LogP contribution in [0.3, 0.4) is 0 Å². The maximum atomic E-state index is 12.0. The van der Waals surface area contributed by atoms with Crippen molar-refractivity contribution in [1.29, 1.82) is 0 Å².